The molecule has 0 spiro atoms. The minimum absolute atomic E-state index is 0.00594. The number of fused-ring (bicyclic) bond motifs is 2. The van der Waals surface area contributed by atoms with Crippen LogP contribution < -0.4 is 15.5 Å². The summed E-state index contributed by atoms with van der Waals surface area (Å²) in [5.41, 5.74) is 1.75. The number of ether oxygens (including phenoxy) is 3. The molecular weight excluding hydrogens is 614 g/mol. The van der Waals surface area contributed by atoms with E-state index in [4.69, 9.17) is 18.6 Å². The van der Waals surface area contributed by atoms with Crippen molar-refractivity contribution in [3.05, 3.63) is 54.1 Å². The molecular formula is C32H43N5O8S. The summed E-state index contributed by atoms with van der Waals surface area (Å²) in [7, 11) is -2.39. The van der Waals surface area contributed by atoms with Crippen molar-refractivity contribution in [3.8, 4) is 0 Å². The summed E-state index contributed by atoms with van der Waals surface area (Å²) in [5.74, 6) is 0.696. The van der Waals surface area contributed by atoms with Gasteiger partial charge < -0.3 is 34.4 Å². The molecule has 3 fully saturated rings. The Kier molecular flexibility index (Phi) is 9.83. The fourth-order valence-corrected chi connectivity index (χ4v) is 7.78. The predicted octanol–water partition coefficient (Wildman–Crippen LogP) is 3.12. The Morgan fingerprint density at radius 2 is 1.91 bits per heavy atom. The molecule has 1 aromatic heterocycles. The average Bonchev–Trinajstić information content (AvgIpc) is 3.71. The van der Waals surface area contributed by atoms with Crippen LogP contribution in [0.15, 0.2) is 57.8 Å². The monoisotopic (exact) mass is 657 g/mol. The molecule has 3 aromatic rings. The molecule has 46 heavy (non-hydrogen) atoms. The van der Waals surface area contributed by atoms with Crippen LogP contribution in [0.1, 0.15) is 32.3 Å². The van der Waals surface area contributed by atoms with E-state index in [0.717, 1.165) is 12.0 Å². The maximum absolute atomic E-state index is 13.6. The summed E-state index contributed by atoms with van der Waals surface area (Å²) < 4.78 is 50.2. The standard InChI is InChI=1S/C32H43N5O8S/c1-19(2)11-12-37(36-46(40,41)22-9-10-28-26(15-22)34-31(33-3)44-28)16-27(38)25(13-20-7-5-4-6-8-20)35-32(39)45-29-21-14-23-24(29)18-43-30(23)42-17-21/h4-10,15,19,21,23-25,27,29-30,36,38H,11-14,16-18H2,1-3H3,(H,33,34)(H,35,39)/t21?,23?,24?,25-,27+,29?,30?/m0/s1. The van der Waals surface area contributed by atoms with Crippen LogP contribution in [0.25, 0.3) is 11.1 Å². The minimum Gasteiger partial charge on any atom is -0.445 e. The van der Waals surface area contributed by atoms with Crippen LogP contribution in [0.4, 0.5) is 10.8 Å². The second-order valence-electron chi connectivity index (χ2n) is 12.9. The summed E-state index contributed by atoms with van der Waals surface area (Å²) in [4.78, 5) is 20.3. The Labute approximate surface area is 269 Å². The SMILES string of the molecule is CNc1nc2cc(S(=O)(=O)NN(CCC(C)C)C[C@@H](O)[C@H](Cc3ccccc3)NC(=O)OC3C4COC5OCC3C5C4)ccc2o1. The first-order valence-corrected chi connectivity index (χ1v) is 17.4. The third kappa shape index (κ3) is 7.32. The van der Waals surface area contributed by atoms with Gasteiger partial charge in [-0.25, -0.2) is 18.2 Å². The Morgan fingerprint density at radius 1 is 1.13 bits per heavy atom. The van der Waals surface area contributed by atoms with E-state index in [2.05, 4.69) is 20.4 Å². The first kappa shape index (κ1) is 32.7. The third-order valence-electron chi connectivity index (χ3n) is 9.11. The molecule has 1 amide bonds. The zero-order chi connectivity index (χ0) is 32.4. The molecule has 14 heteroatoms. The number of benzene rings is 2. The second kappa shape index (κ2) is 13.8. The molecule has 3 aliphatic rings. The molecule has 0 radical (unpaired) electrons. The van der Waals surface area contributed by atoms with E-state index in [9.17, 15) is 18.3 Å². The van der Waals surface area contributed by atoms with Crippen molar-refractivity contribution >= 4 is 33.2 Å². The molecule has 2 bridgehead atoms. The lowest BCUT2D eigenvalue weighted by Gasteiger charge is -2.31. The van der Waals surface area contributed by atoms with Gasteiger partial charge in [0.25, 0.3) is 16.0 Å². The first-order valence-electron chi connectivity index (χ1n) is 15.9. The van der Waals surface area contributed by atoms with E-state index < -0.39 is 28.3 Å². The molecule has 4 N–H and O–H groups in total. The molecule has 2 aromatic carbocycles. The van der Waals surface area contributed by atoms with Gasteiger partial charge >= 0.3 is 6.09 Å². The maximum atomic E-state index is 13.6. The molecule has 3 heterocycles. The normalized spacial score (nSPS) is 25.2. The molecule has 6 rings (SSSR count). The Bertz CT molecular complexity index is 1600. The van der Waals surface area contributed by atoms with Gasteiger partial charge in [-0.1, -0.05) is 44.2 Å². The highest BCUT2D eigenvalue weighted by atomic mass is 32.2. The summed E-state index contributed by atoms with van der Waals surface area (Å²) in [6.07, 6.45) is -0.455. The Balaban J connectivity index is 1.17. The number of aliphatic hydroxyl groups excluding tert-OH is 1. The van der Waals surface area contributed by atoms with Crippen LogP contribution in [-0.2, 0) is 30.7 Å². The predicted molar refractivity (Wildman–Crippen MR) is 169 cm³/mol. The van der Waals surface area contributed by atoms with Crippen LogP contribution in [0.3, 0.4) is 0 Å². The number of anilines is 1. The molecule has 1 aliphatic carbocycles. The molecule has 250 valence electrons. The molecule has 13 nitrogen and oxygen atoms in total. The van der Waals surface area contributed by atoms with Crippen LogP contribution in [0.2, 0.25) is 0 Å². The lowest BCUT2D eigenvalue weighted by molar-refractivity contribution is -0.169. The number of nitrogens with one attached hydrogen (secondary N) is 3. The van der Waals surface area contributed by atoms with Crippen molar-refractivity contribution in [1.29, 1.82) is 0 Å². The van der Waals surface area contributed by atoms with E-state index in [1.54, 1.807) is 13.1 Å². The smallest absolute Gasteiger partial charge is 0.407 e. The second-order valence-corrected chi connectivity index (χ2v) is 14.5. The summed E-state index contributed by atoms with van der Waals surface area (Å²) >= 11 is 0. The molecule has 2 aliphatic heterocycles. The Morgan fingerprint density at radius 3 is 2.67 bits per heavy atom. The summed E-state index contributed by atoms with van der Waals surface area (Å²) in [5, 5.41) is 18.8. The van der Waals surface area contributed by atoms with Gasteiger partial charge in [0.05, 0.1) is 30.3 Å². The van der Waals surface area contributed by atoms with Crippen molar-refractivity contribution in [2.75, 3.05) is 38.7 Å². The molecule has 7 atom stereocenters. The van der Waals surface area contributed by atoms with E-state index in [0.29, 0.717) is 43.7 Å². The zero-order valence-electron chi connectivity index (χ0n) is 26.3. The average molecular weight is 658 g/mol. The van der Waals surface area contributed by atoms with Gasteiger partial charge in [0.1, 0.15) is 11.6 Å². The number of carbonyl (C=O) groups is 1. The third-order valence-corrected chi connectivity index (χ3v) is 10.5. The number of hydrogen-bond acceptors (Lipinski definition) is 11. The number of rotatable bonds is 14. The van der Waals surface area contributed by atoms with Crippen molar-refractivity contribution in [2.24, 2.45) is 23.7 Å². The minimum atomic E-state index is -4.05. The maximum Gasteiger partial charge on any atom is 0.407 e. The van der Waals surface area contributed by atoms with Crippen molar-refractivity contribution < 1.29 is 36.9 Å². The van der Waals surface area contributed by atoms with Crippen LogP contribution in [-0.4, -0.2) is 87.5 Å². The molecule has 1 saturated carbocycles. The number of oxazole rings is 1. The van der Waals surface area contributed by atoms with Crippen molar-refractivity contribution in [2.45, 2.75) is 62.5 Å². The highest BCUT2D eigenvalue weighted by Crippen LogP contribution is 2.49. The van der Waals surface area contributed by atoms with Gasteiger partial charge in [-0.3, -0.25) is 0 Å². The van der Waals surface area contributed by atoms with Gasteiger partial charge in [0.2, 0.25) is 0 Å². The zero-order valence-corrected chi connectivity index (χ0v) is 27.1. The fraction of sp³-hybridized carbons (Fsp3) is 0.562. The number of alkyl carbamates (subject to hydrolysis) is 1. The van der Waals surface area contributed by atoms with Gasteiger partial charge in [-0.05, 0) is 48.9 Å². The van der Waals surface area contributed by atoms with Crippen LogP contribution in [0.5, 0.6) is 0 Å². The lowest BCUT2D eigenvalue weighted by Crippen LogP contribution is -2.54. The highest BCUT2D eigenvalue weighted by molar-refractivity contribution is 7.89. The lowest BCUT2D eigenvalue weighted by atomic mass is 9.98. The fourth-order valence-electron chi connectivity index (χ4n) is 6.65. The van der Waals surface area contributed by atoms with E-state index >= 15 is 0 Å². The number of aliphatic hydroxyl groups is 1. The van der Waals surface area contributed by atoms with Gasteiger partial charge in [0.15, 0.2) is 11.9 Å². The number of nitrogens with zero attached hydrogens (tertiary/aromatic N) is 2. The largest absolute Gasteiger partial charge is 0.445 e. The van der Waals surface area contributed by atoms with E-state index in [1.165, 1.54) is 17.1 Å². The number of hydrogen-bond donors (Lipinski definition) is 4. The number of carbonyl (C=O) groups excluding carboxylic acids is 1. The van der Waals surface area contributed by atoms with E-state index in [1.807, 2.05) is 44.2 Å². The van der Waals surface area contributed by atoms with Crippen molar-refractivity contribution in [3.63, 3.8) is 0 Å². The molecule has 5 unspecified atom stereocenters. The molecule has 2 saturated heterocycles. The number of aromatic nitrogens is 1. The summed E-state index contributed by atoms with van der Waals surface area (Å²) in [6, 6.07) is 13.5. The van der Waals surface area contributed by atoms with Gasteiger partial charge in [-0.2, -0.15) is 4.98 Å². The van der Waals surface area contributed by atoms with Gasteiger partial charge in [0, 0.05) is 37.9 Å². The topological polar surface area (TPSA) is 164 Å². The Hall–Kier alpha value is -3.27. The first-order chi connectivity index (χ1) is 22.1. The highest BCUT2D eigenvalue weighted by Gasteiger charge is 2.56. The number of amides is 1. The van der Waals surface area contributed by atoms with Crippen LogP contribution >= 0.6 is 0 Å². The quantitative estimate of drug-likeness (QED) is 0.188. The van der Waals surface area contributed by atoms with Crippen molar-refractivity contribution in [1.82, 2.24) is 20.1 Å². The number of hydrazine groups is 1. The van der Waals surface area contributed by atoms with Crippen LogP contribution in [0, 0.1) is 23.7 Å². The number of sulfonamides is 1. The summed E-state index contributed by atoms with van der Waals surface area (Å²) in [6.45, 7) is 5.30. The van der Waals surface area contributed by atoms with E-state index in [-0.39, 0.29) is 53.5 Å². The van der Waals surface area contributed by atoms with Gasteiger partial charge in [-0.15, -0.1) is 4.83 Å².